The van der Waals surface area contributed by atoms with Gasteiger partial charge in [0.1, 0.15) is 6.04 Å². The van der Waals surface area contributed by atoms with Gasteiger partial charge in [0, 0.05) is 0 Å². The highest BCUT2D eigenvalue weighted by atomic mass is 16.4. The van der Waals surface area contributed by atoms with E-state index in [0.29, 0.717) is 25.7 Å². The van der Waals surface area contributed by atoms with Crippen LogP contribution in [0.1, 0.15) is 24.8 Å². The Hall–Kier alpha value is -1.76. The summed E-state index contributed by atoms with van der Waals surface area (Å²) in [5, 5.41) is 8.67. The van der Waals surface area contributed by atoms with Gasteiger partial charge in [0.15, 0.2) is 5.78 Å². The molecule has 0 fully saturated rings. The van der Waals surface area contributed by atoms with E-state index in [9.17, 15) is 9.59 Å². The molecule has 0 aliphatic rings. The van der Waals surface area contributed by atoms with Gasteiger partial charge >= 0.3 is 5.97 Å². The van der Waals surface area contributed by atoms with Crippen molar-refractivity contribution < 1.29 is 14.7 Å². The first kappa shape index (κ1) is 17.3. The number of carboxylic acid groups (broad SMARTS) is 1. The molecule has 0 heterocycles. The summed E-state index contributed by atoms with van der Waals surface area (Å²) in [7, 11) is 0. The fraction of sp³-hybridized carbons (Fsp3) is 0.467. The number of carbonyl (C=O) groups excluding carboxylic acids is 1. The molecule has 0 aromatic heterocycles. The highest BCUT2D eigenvalue weighted by Gasteiger charge is 2.21. The molecule has 0 bridgehead atoms. The number of carboxylic acids is 1. The third kappa shape index (κ3) is 6.03. The van der Waals surface area contributed by atoms with Gasteiger partial charge in [-0.05, 0) is 31.2 Å². The van der Waals surface area contributed by atoms with Crippen LogP contribution in [0.15, 0.2) is 30.3 Å². The number of rotatable bonds is 9. The van der Waals surface area contributed by atoms with Gasteiger partial charge in [-0.25, -0.2) is 0 Å². The summed E-state index contributed by atoms with van der Waals surface area (Å²) in [5.41, 5.74) is 18.1. The van der Waals surface area contributed by atoms with Crippen molar-refractivity contribution in [1.82, 2.24) is 0 Å². The molecule has 6 heteroatoms. The van der Waals surface area contributed by atoms with Crippen molar-refractivity contribution in [3.63, 3.8) is 0 Å². The largest absolute Gasteiger partial charge is 0.480 e. The van der Waals surface area contributed by atoms with Crippen molar-refractivity contribution in [1.29, 1.82) is 0 Å². The lowest BCUT2D eigenvalue weighted by Crippen LogP contribution is -2.44. The van der Waals surface area contributed by atoms with Gasteiger partial charge in [0.2, 0.25) is 0 Å². The smallest absolute Gasteiger partial charge is 0.320 e. The molecule has 0 saturated carbocycles. The van der Waals surface area contributed by atoms with Gasteiger partial charge in [0.05, 0.1) is 12.1 Å². The van der Waals surface area contributed by atoms with E-state index < -0.39 is 24.1 Å². The van der Waals surface area contributed by atoms with Gasteiger partial charge in [0.25, 0.3) is 0 Å². The Balaban J connectivity index is 2.37. The Morgan fingerprint density at radius 1 is 0.952 bits per heavy atom. The van der Waals surface area contributed by atoms with Crippen LogP contribution in [0.25, 0.3) is 0 Å². The molecule has 0 amide bonds. The van der Waals surface area contributed by atoms with Crippen LogP contribution in [0, 0.1) is 0 Å². The molecule has 6 nitrogen and oxygen atoms in total. The average Bonchev–Trinajstić information content (AvgIpc) is 2.46. The maximum Gasteiger partial charge on any atom is 0.320 e. The van der Waals surface area contributed by atoms with Crippen molar-refractivity contribution in [2.45, 2.75) is 43.8 Å². The Bertz CT molecular complexity index is 464. The van der Waals surface area contributed by atoms with E-state index >= 15 is 0 Å². The number of aliphatic carboxylic acids is 1. The molecule has 1 aromatic rings. The molecule has 0 saturated heterocycles. The van der Waals surface area contributed by atoms with Crippen LogP contribution in [0.4, 0.5) is 0 Å². The van der Waals surface area contributed by atoms with Crippen LogP contribution >= 0.6 is 0 Å². The van der Waals surface area contributed by atoms with Crippen molar-refractivity contribution in [3.05, 3.63) is 35.9 Å². The first-order valence-electron chi connectivity index (χ1n) is 6.99. The van der Waals surface area contributed by atoms with Crippen LogP contribution < -0.4 is 17.2 Å². The van der Waals surface area contributed by atoms with Crippen LogP contribution in [0.2, 0.25) is 0 Å². The molecule has 1 unspecified atom stereocenters. The van der Waals surface area contributed by atoms with E-state index in [-0.39, 0.29) is 5.78 Å². The lowest BCUT2D eigenvalue weighted by atomic mass is 9.95. The number of hydrogen-bond acceptors (Lipinski definition) is 5. The van der Waals surface area contributed by atoms with Crippen LogP contribution in [0.3, 0.4) is 0 Å². The summed E-state index contributed by atoms with van der Waals surface area (Å²) >= 11 is 0. The van der Waals surface area contributed by atoms with Crippen molar-refractivity contribution in [2.75, 3.05) is 0 Å². The highest BCUT2D eigenvalue weighted by Crippen LogP contribution is 2.07. The lowest BCUT2D eigenvalue weighted by Gasteiger charge is -2.16. The summed E-state index contributed by atoms with van der Waals surface area (Å²) in [4.78, 5) is 22.6. The van der Waals surface area contributed by atoms with Gasteiger partial charge in [-0.2, -0.15) is 0 Å². The molecule has 1 rings (SSSR count). The standard InChI is InChI=1S/C15H23N3O3/c16-11(7-4-8-12(17)15(20)21)14(19)13(18)9-10-5-2-1-3-6-10/h1-3,5-6,11-13H,4,7-9,16-18H2,(H,20,21)/t11?,12-,13-/m0/s1. The van der Waals surface area contributed by atoms with Crippen LogP contribution in [-0.2, 0) is 16.0 Å². The molecule has 7 N–H and O–H groups in total. The molecule has 21 heavy (non-hydrogen) atoms. The molecule has 0 spiro atoms. The van der Waals surface area contributed by atoms with Crippen molar-refractivity contribution >= 4 is 11.8 Å². The third-order valence-corrected chi connectivity index (χ3v) is 3.38. The second-order valence-electron chi connectivity index (χ2n) is 5.18. The minimum atomic E-state index is -1.05. The first-order chi connectivity index (χ1) is 9.91. The number of carbonyl (C=O) groups is 2. The second kappa shape index (κ2) is 8.51. The van der Waals surface area contributed by atoms with Gasteiger partial charge < -0.3 is 22.3 Å². The number of nitrogens with two attached hydrogens (primary N) is 3. The Kier molecular flexibility index (Phi) is 7.01. The molecule has 3 atom stereocenters. The number of Topliss-reactive ketones (excluding diaryl/α,β-unsaturated/α-hetero) is 1. The SMILES string of the molecule is NC(CCC[C@H](N)C(=O)O)C(=O)[C@@H](N)Cc1ccccc1. The topological polar surface area (TPSA) is 132 Å². The fourth-order valence-electron chi connectivity index (χ4n) is 2.07. The molecular formula is C15H23N3O3. The van der Waals surface area contributed by atoms with Crippen LogP contribution in [-0.4, -0.2) is 35.0 Å². The summed E-state index contributed by atoms with van der Waals surface area (Å²) < 4.78 is 0. The van der Waals surface area contributed by atoms with E-state index in [1.54, 1.807) is 0 Å². The third-order valence-electron chi connectivity index (χ3n) is 3.38. The average molecular weight is 293 g/mol. The monoisotopic (exact) mass is 293 g/mol. The van der Waals surface area contributed by atoms with Gasteiger partial charge in [-0.1, -0.05) is 30.3 Å². The minimum Gasteiger partial charge on any atom is -0.480 e. The zero-order valence-electron chi connectivity index (χ0n) is 11.9. The van der Waals surface area contributed by atoms with E-state index in [1.165, 1.54) is 0 Å². The summed E-state index contributed by atoms with van der Waals surface area (Å²) in [5.74, 6) is -1.25. The quantitative estimate of drug-likeness (QED) is 0.508. The zero-order chi connectivity index (χ0) is 15.8. The maximum atomic E-state index is 12.1. The predicted octanol–water partition coefficient (Wildman–Crippen LogP) is 0.0350. The number of benzene rings is 1. The van der Waals surface area contributed by atoms with E-state index in [1.807, 2.05) is 30.3 Å². The number of ketones is 1. The first-order valence-corrected chi connectivity index (χ1v) is 6.99. The Labute approximate surface area is 124 Å². The molecule has 0 aliphatic heterocycles. The molecular weight excluding hydrogens is 270 g/mol. The van der Waals surface area contributed by atoms with E-state index in [0.717, 1.165) is 5.56 Å². The highest BCUT2D eigenvalue weighted by molar-refractivity contribution is 5.88. The van der Waals surface area contributed by atoms with Gasteiger partial charge in [-0.15, -0.1) is 0 Å². The Morgan fingerprint density at radius 3 is 2.10 bits per heavy atom. The fourth-order valence-corrected chi connectivity index (χ4v) is 2.07. The predicted molar refractivity (Wildman–Crippen MR) is 80.6 cm³/mol. The zero-order valence-corrected chi connectivity index (χ0v) is 11.9. The molecule has 0 radical (unpaired) electrons. The summed E-state index contributed by atoms with van der Waals surface area (Å²) in [6.07, 6.45) is 1.62. The van der Waals surface area contributed by atoms with Gasteiger partial charge in [-0.3, -0.25) is 9.59 Å². The Morgan fingerprint density at radius 2 is 1.52 bits per heavy atom. The van der Waals surface area contributed by atoms with Crippen molar-refractivity contribution in [3.8, 4) is 0 Å². The molecule has 0 aliphatic carbocycles. The van der Waals surface area contributed by atoms with Crippen molar-refractivity contribution in [2.24, 2.45) is 17.2 Å². The normalized spacial score (nSPS) is 15.2. The molecule has 116 valence electrons. The summed E-state index contributed by atoms with van der Waals surface area (Å²) in [6, 6.07) is 7.26. The number of hydrogen-bond donors (Lipinski definition) is 4. The maximum absolute atomic E-state index is 12.1. The molecule has 1 aromatic carbocycles. The minimum absolute atomic E-state index is 0.206. The van der Waals surface area contributed by atoms with E-state index in [4.69, 9.17) is 22.3 Å². The summed E-state index contributed by atoms with van der Waals surface area (Å²) in [6.45, 7) is 0. The van der Waals surface area contributed by atoms with E-state index in [2.05, 4.69) is 0 Å². The second-order valence-corrected chi connectivity index (χ2v) is 5.18. The lowest BCUT2D eigenvalue weighted by molar-refractivity contribution is -0.138. The van der Waals surface area contributed by atoms with Crippen LogP contribution in [0.5, 0.6) is 0 Å².